The van der Waals surface area contributed by atoms with Crippen molar-refractivity contribution in [1.82, 2.24) is 0 Å². The van der Waals surface area contributed by atoms with Gasteiger partial charge in [0.1, 0.15) is 30.5 Å². The van der Waals surface area contributed by atoms with E-state index in [2.05, 4.69) is 38.6 Å². The zero-order valence-electron chi connectivity index (χ0n) is 34.1. The molecule has 0 radical (unpaired) electrons. The SMILES string of the molecule is CC(C)(C)[Si](C)(C)OCC1OC(c2ccc(Cl)c(Cc3ccc(OC(O)(O)O)c(F)c3)c2)C(OCc2ccccc2)C(OCc2ccccc2)C1OCc1ccccc1. The smallest absolute Gasteiger partial charge is 0.414 e. The zero-order chi connectivity index (χ0) is 42.2. The maximum Gasteiger partial charge on any atom is 0.453 e. The number of halogens is 2. The van der Waals surface area contributed by atoms with Crippen molar-refractivity contribution in [2.45, 2.75) is 102 Å². The maximum absolute atomic E-state index is 15.0. The van der Waals surface area contributed by atoms with E-state index in [1.165, 1.54) is 12.1 Å². The van der Waals surface area contributed by atoms with Gasteiger partial charge in [0, 0.05) is 5.02 Å². The van der Waals surface area contributed by atoms with Gasteiger partial charge in [0.15, 0.2) is 19.9 Å². The summed E-state index contributed by atoms with van der Waals surface area (Å²) in [7, 11) is -2.26. The molecule has 59 heavy (non-hydrogen) atoms. The van der Waals surface area contributed by atoms with Gasteiger partial charge in [-0.1, -0.05) is 142 Å². The largest absolute Gasteiger partial charge is 0.453 e. The van der Waals surface area contributed by atoms with Gasteiger partial charge in [-0.05, 0) is 76.1 Å². The van der Waals surface area contributed by atoms with Crippen molar-refractivity contribution in [3.05, 3.63) is 172 Å². The zero-order valence-corrected chi connectivity index (χ0v) is 35.8. The Balaban J connectivity index is 1.41. The molecule has 3 N–H and O–H groups in total. The number of rotatable bonds is 17. The monoisotopic (exact) mass is 844 g/mol. The molecular formula is C47H54ClFO9Si. The Morgan fingerprint density at radius 3 is 1.69 bits per heavy atom. The van der Waals surface area contributed by atoms with Crippen molar-refractivity contribution in [3.63, 3.8) is 0 Å². The minimum absolute atomic E-state index is 0.0572. The average molecular weight is 845 g/mol. The van der Waals surface area contributed by atoms with Crippen LogP contribution >= 0.6 is 11.6 Å². The van der Waals surface area contributed by atoms with Crippen LogP contribution in [-0.4, -0.2) is 60.8 Å². The molecule has 12 heteroatoms. The van der Waals surface area contributed by atoms with Gasteiger partial charge >= 0.3 is 6.16 Å². The molecule has 0 aliphatic carbocycles. The van der Waals surface area contributed by atoms with E-state index in [1.54, 1.807) is 12.1 Å². The van der Waals surface area contributed by atoms with Gasteiger partial charge in [-0.2, -0.15) is 0 Å². The van der Waals surface area contributed by atoms with E-state index in [0.29, 0.717) is 29.4 Å². The summed E-state index contributed by atoms with van der Waals surface area (Å²) in [5.41, 5.74) is 4.94. The summed E-state index contributed by atoms with van der Waals surface area (Å²) in [6.07, 6.45) is -6.49. The number of ether oxygens (including phenoxy) is 5. The molecule has 0 spiro atoms. The van der Waals surface area contributed by atoms with Crippen LogP contribution < -0.4 is 4.74 Å². The minimum Gasteiger partial charge on any atom is -0.414 e. The molecule has 5 aromatic rings. The molecule has 1 fully saturated rings. The normalized spacial score (nSPS) is 20.1. The molecule has 1 aliphatic rings. The first-order valence-electron chi connectivity index (χ1n) is 19.8. The molecule has 0 bridgehead atoms. The van der Waals surface area contributed by atoms with Crippen LogP contribution in [0.4, 0.5) is 4.39 Å². The highest BCUT2D eigenvalue weighted by atomic mass is 35.5. The summed E-state index contributed by atoms with van der Waals surface area (Å²) in [6, 6.07) is 39.4. The van der Waals surface area contributed by atoms with Crippen LogP contribution in [0.15, 0.2) is 127 Å². The topological polar surface area (TPSA) is 116 Å². The summed E-state index contributed by atoms with van der Waals surface area (Å²) >= 11 is 6.81. The number of hydrogen-bond acceptors (Lipinski definition) is 9. The van der Waals surface area contributed by atoms with E-state index >= 15 is 0 Å². The van der Waals surface area contributed by atoms with E-state index in [4.69, 9.17) is 35.0 Å². The van der Waals surface area contributed by atoms with Crippen molar-refractivity contribution in [2.75, 3.05) is 6.61 Å². The molecule has 5 aromatic carbocycles. The second kappa shape index (κ2) is 19.6. The molecular weight excluding hydrogens is 791 g/mol. The summed E-state index contributed by atoms with van der Waals surface area (Å²) in [4.78, 5) is 0. The predicted octanol–water partition coefficient (Wildman–Crippen LogP) is 9.25. The van der Waals surface area contributed by atoms with Gasteiger partial charge in [0.25, 0.3) is 0 Å². The van der Waals surface area contributed by atoms with Crippen LogP contribution in [0.2, 0.25) is 23.2 Å². The first-order chi connectivity index (χ1) is 28.1. The van der Waals surface area contributed by atoms with Crippen LogP contribution in [0.5, 0.6) is 5.75 Å². The average Bonchev–Trinajstić information content (AvgIpc) is 3.20. The lowest BCUT2D eigenvalue weighted by Gasteiger charge is -2.47. The molecule has 5 atom stereocenters. The summed E-state index contributed by atoms with van der Waals surface area (Å²) in [5, 5.41) is 28.0. The lowest BCUT2D eigenvalue weighted by atomic mass is 9.89. The fourth-order valence-corrected chi connectivity index (χ4v) is 7.91. The maximum atomic E-state index is 15.0. The molecule has 6 rings (SSSR count). The quantitative estimate of drug-likeness (QED) is 0.0623. The Hall–Kier alpha value is -3.98. The first kappa shape index (κ1) is 44.6. The van der Waals surface area contributed by atoms with E-state index in [1.807, 2.05) is 103 Å². The fourth-order valence-electron chi connectivity index (χ4n) is 6.71. The third kappa shape index (κ3) is 12.3. The summed E-state index contributed by atoms with van der Waals surface area (Å²) < 4.78 is 54.3. The number of benzene rings is 5. The minimum atomic E-state index is -3.53. The van der Waals surface area contributed by atoms with Gasteiger partial charge in [-0.3, -0.25) is 0 Å². The van der Waals surface area contributed by atoms with Crippen molar-refractivity contribution in [1.29, 1.82) is 0 Å². The highest BCUT2D eigenvalue weighted by Crippen LogP contribution is 2.42. The van der Waals surface area contributed by atoms with Crippen molar-refractivity contribution < 1.29 is 47.8 Å². The van der Waals surface area contributed by atoms with Crippen LogP contribution in [0, 0.1) is 5.82 Å². The second-order valence-corrected chi connectivity index (χ2v) is 21.6. The molecule has 1 heterocycles. The highest BCUT2D eigenvalue weighted by molar-refractivity contribution is 6.74. The van der Waals surface area contributed by atoms with Gasteiger partial charge in [0.05, 0.1) is 26.4 Å². The lowest BCUT2D eigenvalue weighted by molar-refractivity contribution is -0.420. The Labute approximate surface area is 352 Å². The van der Waals surface area contributed by atoms with Gasteiger partial charge < -0.3 is 43.4 Å². The molecule has 314 valence electrons. The van der Waals surface area contributed by atoms with Crippen molar-refractivity contribution >= 4 is 19.9 Å². The summed E-state index contributed by atoms with van der Waals surface area (Å²) in [6.45, 7) is 12.2. The third-order valence-corrected chi connectivity index (χ3v) is 15.8. The Bertz CT molecular complexity index is 2080. The van der Waals surface area contributed by atoms with Crippen LogP contribution in [-0.2, 0) is 49.6 Å². The van der Waals surface area contributed by atoms with Gasteiger partial charge in [-0.25, -0.2) is 4.39 Å². The van der Waals surface area contributed by atoms with Gasteiger partial charge in [-0.15, -0.1) is 0 Å². The molecule has 5 unspecified atom stereocenters. The standard InChI is InChI=1S/C47H54ClFO9Si/c1-46(2,3)59(4,5)56-31-41-43(53-28-32-15-9-6-10-16-32)45(55-30-34-19-13-8-14-20-34)44(54-29-33-17-11-7-12-18-33)42(57-41)36-22-23-38(48)37(27-36)25-35-21-24-40(39(49)26-35)58-47(50,51)52/h6-24,26-27,41-45,50-52H,25,28-31H2,1-5H3. The Kier molecular flexibility index (Phi) is 14.8. The van der Waals surface area contributed by atoms with Crippen molar-refractivity contribution in [3.8, 4) is 5.75 Å². The van der Waals surface area contributed by atoms with Crippen LogP contribution in [0.25, 0.3) is 0 Å². The second-order valence-electron chi connectivity index (χ2n) is 16.4. The molecule has 9 nitrogen and oxygen atoms in total. The number of hydrogen-bond donors (Lipinski definition) is 3. The number of aliphatic hydroxyl groups is 3. The Morgan fingerprint density at radius 2 is 1.19 bits per heavy atom. The van der Waals surface area contributed by atoms with E-state index in [0.717, 1.165) is 22.3 Å². The fraction of sp³-hybridized carbons (Fsp3) is 0.362. The van der Waals surface area contributed by atoms with E-state index < -0.39 is 56.6 Å². The molecule has 1 aliphatic heterocycles. The molecule has 0 saturated carbocycles. The summed E-state index contributed by atoms with van der Waals surface area (Å²) in [5.74, 6) is -1.43. The van der Waals surface area contributed by atoms with Crippen LogP contribution in [0.1, 0.15) is 60.3 Å². The van der Waals surface area contributed by atoms with Crippen LogP contribution in [0.3, 0.4) is 0 Å². The van der Waals surface area contributed by atoms with E-state index in [9.17, 15) is 19.7 Å². The lowest BCUT2D eigenvalue weighted by Crippen LogP contribution is -2.59. The molecule has 0 amide bonds. The van der Waals surface area contributed by atoms with Gasteiger partial charge in [0.2, 0.25) is 0 Å². The highest BCUT2D eigenvalue weighted by Gasteiger charge is 2.50. The third-order valence-electron chi connectivity index (χ3n) is 10.9. The molecule has 1 saturated heterocycles. The molecule has 0 aromatic heterocycles. The van der Waals surface area contributed by atoms with E-state index in [-0.39, 0.29) is 24.7 Å². The Morgan fingerprint density at radius 1 is 0.661 bits per heavy atom. The predicted molar refractivity (Wildman–Crippen MR) is 226 cm³/mol. The van der Waals surface area contributed by atoms with Crippen molar-refractivity contribution in [2.24, 2.45) is 0 Å². The first-order valence-corrected chi connectivity index (χ1v) is 23.0.